The van der Waals surface area contributed by atoms with Crippen LogP contribution in [0.1, 0.15) is 36.7 Å². The first-order valence-corrected chi connectivity index (χ1v) is 5.66. The van der Waals surface area contributed by atoms with Crippen molar-refractivity contribution in [3.05, 3.63) is 11.9 Å². The highest BCUT2D eigenvalue weighted by atomic mass is 16.2. The summed E-state index contributed by atoms with van der Waals surface area (Å²) in [7, 11) is 1.72. The number of hydrogen-bond acceptors (Lipinski definition) is 3. The van der Waals surface area contributed by atoms with E-state index in [1.807, 2.05) is 6.92 Å². The Kier molecular flexibility index (Phi) is 2.85. The van der Waals surface area contributed by atoms with Gasteiger partial charge in [-0.15, -0.1) is 0 Å². The maximum Gasteiger partial charge on any atom is 0.271 e. The van der Waals surface area contributed by atoms with Crippen LogP contribution in [0.4, 0.5) is 5.69 Å². The van der Waals surface area contributed by atoms with Crippen molar-refractivity contribution in [3.63, 3.8) is 0 Å². The summed E-state index contributed by atoms with van der Waals surface area (Å²) in [5.74, 6) is 0.671. The summed E-state index contributed by atoms with van der Waals surface area (Å²) in [5, 5.41) is 6.90. The van der Waals surface area contributed by atoms with Crippen molar-refractivity contribution in [2.45, 2.75) is 32.2 Å². The summed E-state index contributed by atoms with van der Waals surface area (Å²) in [6, 6.07) is 0.203. The third-order valence-electron chi connectivity index (χ3n) is 2.94. The molecule has 1 saturated carbocycles. The van der Waals surface area contributed by atoms with Crippen LogP contribution in [-0.4, -0.2) is 21.7 Å². The van der Waals surface area contributed by atoms with Crippen molar-refractivity contribution in [1.29, 1.82) is 0 Å². The van der Waals surface area contributed by atoms with Gasteiger partial charge in [0.15, 0.2) is 0 Å². The number of nitrogens with zero attached hydrogens (tertiary/aromatic N) is 2. The molecule has 1 fully saturated rings. The van der Waals surface area contributed by atoms with Crippen LogP contribution in [0.2, 0.25) is 0 Å². The zero-order valence-corrected chi connectivity index (χ0v) is 9.73. The van der Waals surface area contributed by atoms with Gasteiger partial charge in [0.05, 0.1) is 11.9 Å². The Morgan fingerprint density at radius 3 is 2.94 bits per heavy atom. The molecule has 16 heavy (non-hydrogen) atoms. The van der Waals surface area contributed by atoms with Crippen LogP contribution in [-0.2, 0) is 7.05 Å². The number of aryl methyl sites for hydroxylation is 1. The third kappa shape index (κ3) is 2.35. The van der Waals surface area contributed by atoms with Crippen LogP contribution in [0.25, 0.3) is 0 Å². The van der Waals surface area contributed by atoms with Crippen molar-refractivity contribution in [2.75, 3.05) is 5.73 Å². The molecule has 1 amide bonds. The SMILES string of the molecule is CC(CC1CC1)NC(=O)c1c(N)cnn1C. The summed E-state index contributed by atoms with van der Waals surface area (Å²) in [4.78, 5) is 11.9. The Balaban J connectivity index is 1.96. The van der Waals surface area contributed by atoms with Gasteiger partial charge in [-0.25, -0.2) is 0 Å². The predicted molar refractivity (Wildman–Crippen MR) is 61.9 cm³/mol. The number of carbonyl (C=O) groups is 1. The molecule has 88 valence electrons. The first-order chi connectivity index (χ1) is 7.58. The van der Waals surface area contributed by atoms with Crippen molar-refractivity contribution < 1.29 is 4.79 Å². The molecule has 1 aromatic rings. The Labute approximate surface area is 95.0 Å². The van der Waals surface area contributed by atoms with E-state index in [4.69, 9.17) is 5.73 Å². The van der Waals surface area contributed by atoms with Crippen molar-refractivity contribution in [2.24, 2.45) is 13.0 Å². The summed E-state index contributed by atoms with van der Waals surface area (Å²) >= 11 is 0. The van der Waals surface area contributed by atoms with Gasteiger partial charge >= 0.3 is 0 Å². The molecule has 3 N–H and O–H groups in total. The molecule has 1 atom stereocenters. The van der Waals surface area contributed by atoms with Crippen molar-refractivity contribution in [1.82, 2.24) is 15.1 Å². The highest BCUT2D eigenvalue weighted by Gasteiger charge is 2.25. The van der Waals surface area contributed by atoms with E-state index in [1.54, 1.807) is 7.05 Å². The number of rotatable bonds is 4. The summed E-state index contributed by atoms with van der Waals surface area (Å²) < 4.78 is 1.51. The second-order valence-corrected chi connectivity index (χ2v) is 4.63. The molecule has 0 aromatic carbocycles. The van der Waals surface area contributed by atoms with Gasteiger partial charge in [0.1, 0.15) is 5.69 Å². The molecule has 1 heterocycles. The van der Waals surface area contributed by atoms with E-state index in [1.165, 1.54) is 23.7 Å². The number of carbonyl (C=O) groups excluding carboxylic acids is 1. The number of nitrogens with one attached hydrogen (secondary N) is 1. The van der Waals surface area contributed by atoms with E-state index in [2.05, 4.69) is 10.4 Å². The molecule has 0 saturated heterocycles. The van der Waals surface area contributed by atoms with Crippen LogP contribution >= 0.6 is 0 Å². The average molecular weight is 222 g/mol. The maximum absolute atomic E-state index is 11.9. The normalized spacial score (nSPS) is 17.1. The molecule has 0 radical (unpaired) electrons. The Hall–Kier alpha value is -1.52. The molecule has 1 aliphatic rings. The van der Waals surface area contributed by atoms with Crippen LogP contribution in [0, 0.1) is 5.92 Å². The molecule has 2 rings (SSSR count). The fraction of sp³-hybridized carbons (Fsp3) is 0.636. The summed E-state index contributed by atoms with van der Waals surface area (Å²) in [5.41, 5.74) is 6.56. The zero-order chi connectivity index (χ0) is 11.7. The van der Waals surface area contributed by atoms with E-state index >= 15 is 0 Å². The number of nitrogen functional groups attached to an aromatic ring is 1. The lowest BCUT2D eigenvalue weighted by Gasteiger charge is -2.13. The van der Waals surface area contributed by atoms with Crippen LogP contribution in [0.5, 0.6) is 0 Å². The molecule has 1 unspecified atom stereocenters. The minimum atomic E-state index is -0.134. The standard InChI is InChI=1S/C11H18N4O/c1-7(5-8-3-4-8)14-11(16)10-9(12)6-13-15(10)2/h6-8H,3-5,12H2,1-2H3,(H,14,16). The highest BCUT2D eigenvalue weighted by Crippen LogP contribution is 2.33. The Bertz CT molecular complexity index is 375. The highest BCUT2D eigenvalue weighted by molar-refractivity contribution is 5.97. The molecule has 0 spiro atoms. The fourth-order valence-electron chi connectivity index (χ4n) is 1.94. The van der Waals surface area contributed by atoms with E-state index in [-0.39, 0.29) is 11.9 Å². The van der Waals surface area contributed by atoms with Gasteiger partial charge in [-0.2, -0.15) is 5.10 Å². The largest absolute Gasteiger partial charge is 0.396 e. The molecule has 5 nitrogen and oxygen atoms in total. The molecule has 1 aromatic heterocycles. The Morgan fingerprint density at radius 2 is 2.44 bits per heavy atom. The lowest BCUT2D eigenvalue weighted by Crippen LogP contribution is -2.34. The summed E-state index contributed by atoms with van der Waals surface area (Å²) in [6.07, 6.45) is 5.16. The smallest absolute Gasteiger partial charge is 0.271 e. The molecular formula is C11H18N4O. The van der Waals surface area contributed by atoms with Crippen molar-refractivity contribution >= 4 is 11.6 Å². The van der Waals surface area contributed by atoms with Crippen molar-refractivity contribution in [3.8, 4) is 0 Å². The second kappa shape index (κ2) is 4.15. The molecule has 0 aliphatic heterocycles. The average Bonchev–Trinajstić information content (AvgIpc) is 2.92. The molecule has 0 bridgehead atoms. The third-order valence-corrected chi connectivity index (χ3v) is 2.94. The predicted octanol–water partition coefficient (Wildman–Crippen LogP) is 0.921. The molecule has 1 aliphatic carbocycles. The first-order valence-electron chi connectivity index (χ1n) is 5.66. The topological polar surface area (TPSA) is 72.9 Å². The first kappa shape index (κ1) is 11.0. The Morgan fingerprint density at radius 1 is 1.75 bits per heavy atom. The van der Waals surface area contributed by atoms with Gasteiger partial charge in [-0.05, 0) is 19.3 Å². The van der Waals surface area contributed by atoms with Crippen LogP contribution in [0.3, 0.4) is 0 Å². The monoisotopic (exact) mass is 222 g/mol. The fourth-order valence-corrected chi connectivity index (χ4v) is 1.94. The van der Waals surface area contributed by atoms with Crippen LogP contribution < -0.4 is 11.1 Å². The van der Waals surface area contributed by atoms with Crippen LogP contribution in [0.15, 0.2) is 6.20 Å². The number of nitrogens with two attached hydrogens (primary N) is 1. The van der Waals surface area contributed by atoms with Gasteiger partial charge in [-0.3, -0.25) is 9.48 Å². The summed E-state index contributed by atoms with van der Waals surface area (Å²) in [6.45, 7) is 2.03. The van der Waals surface area contributed by atoms with Gasteiger partial charge < -0.3 is 11.1 Å². The molecule has 5 heteroatoms. The lowest BCUT2D eigenvalue weighted by atomic mass is 10.1. The van der Waals surface area contributed by atoms with Gasteiger partial charge in [0.25, 0.3) is 5.91 Å². The second-order valence-electron chi connectivity index (χ2n) is 4.63. The quantitative estimate of drug-likeness (QED) is 0.795. The number of hydrogen-bond donors (Lipinski definition) is 2. The van der Waals surface area contributed by atoms with Gasteiger partial charge in [-0.1, -0.05) is 12.8 Å². The zero-order valence-electron chi connectivity index (χ0n) is 9.73. The lowest BCUT2D eigenvalue weighted by molar-refractivity contribution is 0.0929. The van der Waals surface area contributed by atoms with Gasteiger partial charge in [0, 0.05) is 13.1 Å². The number of aromatic nitrogens is 2. The number of amides is 1. The minimum Gasteiger partial charge on any atom is -0.396 e. The number of anilines is 1. The maximum atomic E-state index is 11.9. The van der Waals surface area contributed by atoms with E-state index in [0.717, 1.165) is 12.3 Å². The molecular weight excluding hydrogens is 204 g/mol. The van der Waals surface area contributed by atoms with E-state index < -0.39 is 0 Å². The minimum absolute atomic E-state index is 0.134. The van der Waals surface area contributed by atoms with E-state index in [0.29, 0.717) is 11.4 Å². The van der Waals surface area contributed by atoms with E-state index in [9.17, 15) is 4.79 Å². The van der Waals surface area contributed by atoms with Gasteiger partial charge in [0.2, 0.25) is 0 Å².